The van der Waals surface area contributed by atoms with Gasteiger partial charge in [0.1, 0.15) is 0 Å². The van der Waals surface area contributed by atoms with E-state index in [2.05, 4.69) is 10.6 Å². The van der Waals surface area contributed by atoms with E-state index in [0.29, 0.717) is 45.3 Å². The third-order valence-corrected chi connectivity index (χ3v) is 3.72. The average molecular weight is 269 g/mol. The number of rotatable bonds is 2. The summed E-state index contributed by atoms with van der Waals surface area (Å²) in [6.07, 6.45) is 2.10. The number of carbonyl (C=O) groups excluding carboxylic acids is 2. The summed E-state index contributed by atoms with van der Waals surface area (Å²) >= 11 is 0. The monoisotopic (exact) mass is 269 g/mol. The van der Waals surface area contributed by atoms with Crippen LogP contribution in [0.4, 0.5) is 4.79 Å². The highest BCUT2D eigenvalue weighted by Crippen LogP contribution is 2.17. The Morgan fingerprint density at radius 1 is 1.26 bits per heavy atom. The number of likely N-dealkylation sites (tertiary alicyclic amines) is 1. The summed E-state index contributed by atoms with van der Waals surface area (Å²) in [6, 6.07) is -0.188. The second kappa shape index (κ2) is 5.90. The summed E-state index contributed by atoms with van der Waals surface area (Å²) in [6.45, 7) is 1.42. The van der Waals surface area contributed by atoms with Crippen molar-refractivity contribution in [2.75, 3.05) is 19.6 Å². The smallest absolute Gasteiger partial charge is 0.317 e. The van der Waals surface area contributed by atoms with E-state index in [0.717, 1.165) is 0 Å². The van der Waals surface area contributed by atoms with E-state index in [-0.39, 0.29) is 23.9 Å². The van der Waals surface area contributed by atoms with Crippen molar-refractivity contribution < 1.29 is 19.5 Å². The number of carboxylic acids is 1. The molecule has 0 bridgehead atoms. The van der Waals surface area contributed by atoms with Gasteiger partial charge in [-0.2, -0.15) is 0 Å². The molecule has 0 aromatic carbocycles. The summed E-state index contributed by atoms with van der Waals surface area (Å²) in [5.74, 6) is -1.10. The van der Waals surface area contributed by atoms with E-state index < -0.39 is 5.97 Å². The van der Waals surface area contributed by atoms with Crippen LogP contribution in [0, 0.1) is 5.92 Å². The van der Waals surface area contributed by atoms with Crippen LogP contribution in [0.5, 0.6) is 0 Å². The first-order valence-corrected chi connectivity index (χ1v) is 6.61. The van der Waals surface area contributed by atoms with Gasteiger partial charge in [-0.25, -0.2) is 4.79 Å². The Labute approximate surface area is 111 Å². The fourth-order valence-corrected chi connectivity index (χ4v) is 2.45. The zero-order valence-electron chi connectivity index (χ0n) is 10.7. The summed E-state index contributed by atoms with van der Waals surface area (Å²) < 4.78 is 0. The minimum absolute atomic E-state index is 0.0211. The number of nitrogens with zero attached hydrogens (tertiary/aromatic N) is 1. The molecule has 0 aromatic rings. The second-order valence-corrected chi connectivity index (χ2v) is 5.09. The highest BCUT2D eigenvalue weighted by molar-refractivity contribution is 5.78. The highest BCUT2D eigenvalue weighted by atomic mass is 16.4. The fraction of sp³-hybridized carbons (Fsp3) is 0.750. The molecule has 3 N–H and O–H groups in total. The lowest BCUT2D eigenvalue weighted by Gasteiger charge is -2.32. The first-order chi connectivity index (χ1) is 9.06. The molecule has 2 fully saturated rings. The van der Waals surface area contributed by atoms with Gasteiger partial charge in [0, 0.05) is 32.1 Å². The molecule has 2 rings (SSSR count). The molecule has 0 saturated carbocycles. The van der Waals surface area contributed by atoms with Crippen LogP contribution >= 0.6 is 0 Å². The molecule has 106 valence electrons. The molecule has 2 heterocycles. The fourth-order valence-electron chi connectivity index (χ4n) is 2.45. The maximum atomic E-state index is 12.0. The second-order valence-electron chi connectivity index (χ2n) is 5.09. The van der Waals surface area contributed by atoms with Gasteiger partial charge in [0.05, 0.1) is 5.92 Å². The molecule has 7 nitrogen and oxygen atoms in total. The van der Waals surface area contributed by atoms with Crippen LogP contribution in [0.1, 0.15) is 25.7 Å². The normalized spacial score (nSPS) is 24.7. The quantitative estimate of drug-likeness (QED) is 0.645. The summed E-state index contributed by atoms with van der Waals surface area (Å²) in [7, 11) is 0. The van der Waals surface area contributed by atoms with Gasteiger partial charge >= 0.3 is 12.0 Å². The first-order valence-electron chi connectivity index (χ1n) is 6.61. The number of piperidine rings is 2. The van der Waals surface area contributed by atoms with Gasteiger partial charge in [0.2, 0.25) is 5.91 Å². The largest absolute Gasteiger partial charge is 0.481 e. The maximum Gasteiger partial charge on any atom is 0.317 e. The molecular weight excluding hydrogens is 250 g/mol. The van der Waals surface area contributed by atoms with Crippen molar-refractivity contribution in [3.05, 3.63) is 0 Å². The van der Waals surface area contributed by atoms with Crippen molar-refractivity contribution in [3.8, 4) is 0 Å². The van der Waals surface area contributed by atoms with E-state index in [1.54, 1.807) is 4.90 Å². The average Bonchev–Trinajstić information content (AvgIpc) is 2.41. The van der Waals surface area contributed by atoms with Gasteiger partial charge < -0.3 is 20.6 Å². The van der Waals surface area contributed by atoms with Gasteiger partial charge in [-0.15, -0.1) is 0 Å². The predicted molar refractivity (Wildman–Crippen MR) is 66.5 cm³/mol. The zero-order chi connectivity index (χ0) is 13.8. The van der Waals surface area contributed by atoms with Crippen LogP contribution in [0.3, 0.4) is 0 Å². The Bertz CT molecular complexity index is 367. The van der Waals surface area contributed by atoms with Crippen LogP contribution in [0.2, 0.25) is 0 Å². The molecule has 0 aromatic heterocycles. The molecule has 2 aliphatic heterocycles. The predicted octanol–water partition coefficient (Wildman–Crippen LogP) is -0.229. The molecular formula is C12H19N3O4. The summed E-state index contributed by atoms with van der Waals surface area (Å²) in [5, 5.41) is 14.5. The number of nitrogens with one attached hydrogen (secondary N) is 2. The lowest BCUT2D eigenvalue weighted by atomic mass is 9.97. The van der Waals surface area contributed by atoms with Crippen LogP contribution in [-0.4, -0.2) is 53.6 Å². The molecule has 2 aliphatic rings. The third-order valence-electron chi connectivity index (χ3n) is 3.72. The van der Waals surface area contributed by atoms with Crippen LogP contribution in [0.15, 0.2) is 0 Å². The molecule has 0 spiro atoms. The van der Waals surface area contributed by atoms with Crippen LogP contribution in [0.25, 0.3) is 0 Å². The number of carbonyl (C=O) groups is 3. The molecule has 0 radical (unpaired) electrons. The molecule has 3 amide bonds. The number of amides is 3. The van der Waals surface area contributed by atoms with Gasteiger partial charge in [-0.3, -0.25) is 9.59 Å². The lowest BCUT2D eigenvalue weighted by molar-refractivity contribution is -0.143. The SMILES string of the molecule is O=C1CCC(NC(=O)N2CCC(C(=O)O)CC2)CN1. The third kappa shape index (κ3) is 3.59. The molecule has 1 unspecified atom stereocenters. The Morgan fingerprint density at radius 2 is 1.95 bits per heavy atom. The maximum absolute atomic E-state index is 12.0. The van der Waals surface area contributed by atoms with Crippen molar-refractivity contribution in [3.63, 3.8) is 0 Å². The molecule has 19 heavy (non-hydrogen) atoms. The molecule has 2 saturated heterocycles. The zero-order valence-corrected chi connectivity index (χ0v) is 10.7. The van der Waals surface area contributed by atoms with Crippen LogP contribution < -0.4 is 10.6 Å². The molecule has 0 aliphatic carbocycles. The van der Waals surface area contributed by atoms with Gasteiger partial charge in [-0.1, -0.05) is 0 Å². The van der Waals surface area contributed by atoms with Crippen LogP contribution in [-0.2, 0) is 9.59 Å². The van der Waals surface area contributed by atoms with E-state index in [1.807, 2.05) is 0 Å². The van der Waals surface area contributed by atoms with Crippen molar-refractivity contribution >= 4 is 17.9 Å². The Kier molecular flexibility index (Phi) is 4.24. The number of urea groups is 1. The van der Waals surface area contributed by atoms with Crippen molar-refractivity contribution in [1.82, 2.24) is 15.5 Å². The highest BCUT2D eigenvalue weighted by Gasteiger charge is 2.28. The summed E-state index contributed by atoms with van der Waals surface area (Å²) in [4.78, 5) is 35.5. The molecule has 7 heteroatoms. The first kappa shape index (κ1) is 13.6. The minimum atomic E-state index is -0.782. The van der Waals surface area contributed by atoms with E-state index in [4.69, 9.17) is 5.11 Å². The number of hydrogen-bond acceptors (Lipinski definition) is 3. The topological polar surface area (TPSA) is 98.7 Å². The van der Waals surface area contributed by atoms with E-state index in [9.17, 15) is 14.4 Å². The Hall–Kier alpha value is -1.79. The Balaban J connectivity index is 1.75. The summed E-state index contributed by atoms with van der Waals surface area (Å²) in [5.41, 5.74) is 0. The van der Waals surface area contributed by atoms with Crippen molar-refractivity contribution in [1.29, 1.82) is 0 Å². The van der Waals surface area contributed by atoms with Crippen molar-refractivity contribution in [2.45, 2.75) is 31.7 Å². The van der Waals surface area contributed by atoms with Crippen molar-refractivity contribution in [2.24, 2.45) is 5.92 Å². The van der Waals surface area contributed by atoms with Gasteiger partial charge in [0.25, 0.3) is 0 Å². The standard InChI is InChI=1S/C12H19N3O4/c16-10-2-1-9(7-13-10)14-12(19)15-5-3-8(4-6-15)11(17)18/h8-9H,1-7H2,(H,13,16)(H,14,19)(H,17,18). The minimum Gasteiger partial charge on any atom is -0.481 e. The van der Waals surface area contributed by atoms with Gasteiger partial charge in [-0.05, 0) is 19.3 Å². The molecule has 1 atom stereocenters. The number of aliphatic carboxylic acids is 1. The van der Waals surface area contributed by atoms with Gasteiger partial charge in [0.15, 0.2) is 0 Å². The lowest BCUT2D eigenvalue weighted by Crippen LogP contribution is -2.53. The number of carboxylic acid groups (broad SMARTS) is 1. The van der Waals surface area contributed by atoms with E-state index in [1.165, 1.54) is 0 Å². The Morgan fingerprint density at radius 3 is 2.47 bits per heavy atom. The number of hydrogen-bond donors (Lipinski definition) is 3. The van der Waals surface area contributed by atoms with E-state index >= 15 is 0 Å².